The second-order valence-electron chi connectivity index (χ2n) is 5.79. The van der Waals surface area contributed by atoms with Crippen molar-refractivity contribution in [2.24, 2.45) is 0 Å². The van der Waals surface area contributed by atoms with E-state index >= 15 is 0 Å². The first-order chi connectivity index (χ1) is 11.7. The van der Waals surface area contributed by atoms with Gasteiger partial charge in [0.15, 0.2) is 16.6 Å². The quantitative estimate of drug-likeness (QED) is 0.800. The Morgan fingerprint density at radius 1 is 1.42 bits per heavy atom. The lowest BCUT2D eigenvalue weighted by molar-refractivity contribution is 0.0241. The number of aromatic nitrogens is 1. The minimum atomic E-state index is -0.517. The molecule has 24 heavy (non-hydrogen) atoms. The molecule has 0 aliphatic carbocycles. The number of fused-ring (bicyclic) bond motifs is 4. The van der Waals surface area contributed by atoms with E-state index < -0.39 is 6.23 Å². The van der Waals surface area contributed by atoms with Gasteiger partial charge in [-0.25, -0.2) is 16.4 Å². The van der Waals surface area contributed by atoms with Crippen molar-refractivity contribution in [2.45, 2.75) is 24.7 Å². The Kier molecular flexibility index (Phi) is 2.86. The highest BCUT2D eigenvalue weighted by atomic mass is 32.1. The molecule has 0 unspecified atom stereocenters. The second-order valence-corrected chi connectivity index (χ2v) is 6.80. The number of amides is 2. The van der Waals surface area contributed by atoms with Crippen molar-refractivity contribution < 1.29 is 19.0 Å². The van der Waals surface area contributed by atoms with E-state index in [4.69, 9.17) is 20.8 Å². The molecular formula is C15H12N4O4S. The van der Waals surface area contributed by atoms with Crippen molar-refractivity contribution in [1.82, 2.24) is 10.3 Å². The topological polar surface area (TPSA) is 77.3 Å². The molecule has 5 rings (SSSR count). The Labute approximate surface area is 140 Å². The molecule has 3 aliphatic heterocycles. The number of carbonyl (C=O) groups is 1. The normalized spacial score (nSPS) is 27.9. The minimum absolute atomic E-state index is 0.118. The van der Waals surface area contributed by atoms with E-state index in [1.807, 2.05) is 12.1 Å². The molecule has 0 bridgehead atoms. The van der Waals surface area contributed by atoms with E-state index in [0.717, 1.165) is 4.70 Å². The number of rotatable bonds is 1. The van der Waals surface area contributed by atoms with Crippen LogP contribution in [-0.4, -0.2) is 42.7 Å². The summed E-state index contributed by atoms with van der Waals surface area (Å²) in [6.07, 6.45) is -0.0441. The molecule has 0 radical (unpaired) electrons. The summed E-state index contributed by atoms with van der Waals surface area (Å²) in [7, 11) is 0. The standard InChI is InChI=1S/C15H12N4O4S/c1-16-11-4-8-7(5-21-11)17-14(20)19(8)15-18-12-10(24-15)3-2-9-13(12)23-6-22-9/h2-3,7-8,11H,4-6H2,(H,17,20)/t7-,8+,11+/m0/s1. The summed E-state index contributed by atoms with van der Waals surface area (Å²) in [4.78, 5) is 22.2. The van der Waals surface area contributed by atoms with E-state index in [0.29, 0.717) is 35.2 Å². The van der Waals surface area contributed by atoms with Crippen molar-refractivity contribution in [3.63, 3.8) is 0 Å². The Morgan fingerprint density at radius 3 is 3.21 bits per heavy atom. The van der Waals surface area contributed by atoms with Crippen LogP contribution in [0, 0.1) is 6.57 Å². The van der Waals surface area contributed by atoms with Gasteiger partial charge in [0.25, 0.3) is 0 Å². The summed E-state index contributed by atoms with van der Waals surface area (Å²) >= 11 is 1.43. The summed E-state index contributed by atoms with van der Waals surface area (Å²) < 4.78 is 17.2. The summed E-state index contributed by atoms with van der Waals surface area (Å²) in [5, 5.41) is 3.52. The number of anilines is 1. The van der Waals surface area contributed by atoms with Crippen molar-refractivity contribution in [1.29, 1.82) is 0 Å². The smallest absolute Gasteiger partial charge is 0.329 e. The van der Waals surface area contributed by atoms with Crippen LogP contribution in [0.1, 0.15) is 6.42 Å². The molecule has 3 atom stereocenters. The molecule has 3 aliphatic rings. The van der Waals surface area contributed by atoms with Crippen LogP contribution in [0.3, 0.4) is 0 Å². The molecule has 8 nitrogen and oxygen atoms in total. The molecule has 2 saturated heterocycles. The highest BCUT2D eigenvalue weighted by molar-refractivity contribution is 7.22. The fourth-order valence-electron chi connectivity index (χ4n) is 3.33. The van der Waals surface area contributed by atoms with Crippen LogP contribution in [0.4, 0.5) is 9.93 Å². The van der Waals surface area contributed by atoms with Crippen molar-refractivity contribution in [3.05, 3.63) is 23.5 Å². The molecule has 4 heterocycles. The lowest BCUT2D eigenvalue weighted by Crippen LogP contribution is -2.46. The molecule has 1 aromatic heterocycles. The van der Waals surface area contributed by atoms with Crippen molar-refractivity contribution in [3.8, 4) is 11.5 Å². The highest BCUT2D eigenvalue weighted by Crippen LogP contribution is 2.43. The third kappa shape index (κ3) is 1.87. The van der Waals surface area contributed by atoms with Gasteiger partial charge in [-0.1, -0.05) is 11.3 Å². The van der Waals surface area contributed by atoms with Gasteiger partial charge < -0.3 is 19.5 Å². The van der Waals surface area contributed by atoms with Crippen LogP contribution < -0.4 is 19.7 Å². The number of thiazole rings is 1. The van der Waals surface area contributed by atoms with Gasteiger partial charge in [0, 0.05) is 0 Å². The number of ether oxygens (including phenoxy) is 3. The van der Waals surface area contributed by atoms with Crippen LogP contribution in [0.5, 0.6) is 11.5 Å². The molecule has 0 spiro atoms. The summed E-state index contributed by atoms with van der Waals surface area (Å²) in [5.74, 6) is 1.29. The Bertz CT molecular complexity index is 891. The van der Waals surface area contributed by atoms with Crippen LogP contribution in [0.2, 0.25) is 0 Å². The van der Waals surface area contributed by atoms with Crippen LogP contribution in [0.25, 0.3) is 15.1 Å². The predicted molar refractivity (Wildman–Crippen MR) is 85.3 cm³/mol. The molecule has 0 saturated carbocycles. The third-order valence-corrected chi connectivity index (χ3v) is 5.49. The van der Waals surface area contributed by atoms with Gasteiger partial charge >= 0.3 is 12.3 Å². The fraction of sp³-hybridized carbons (Fsp3) is 0.400. The van der Waals surface area contributed by atoms with Gasteiger partial charge in [-0.05, 0) is 12.1 Å². The van der Waals surface area contributed by atoms with E-state index in [2.05, 4.69) is 15.1 Å². The zero-order chi connectivity index (χ0) is 16.3. The molecule has 2 aromatic rings. The number of carbonyl (C=O) groups excluding carboxylic acids is 1. The number of hydrogen-bond donors (Lipinski definition) is 1. The maximum atomic E-state index is 12.4. The number of nitrogens with zero attached hydrogens (tertiary/aromatic N) is 3. The van der Waals surface area contributed by atoms with Gasteiger partial charge in [0.2, 0.25) is 6.79 Å². The predicted octanol–water partition coefficient (Wildman–Crippen LogP) is 1.96. The van der Waals surface area contributed by atoms with Gasteiger partial charge in [0.05, 0.1) is 29.8 Å². The zero-order valence-electron chi connectivity index (χ0n) is 12.4. The average molecular weight is 344 g/mol. The first-order valence-corrected chi connectivity index (χ1v) is 8.33. The largest absolute Gasteiger partial charge is 0.454 e. The van der Waals surface area contributed by atoms with Gasteiger partial charge in [-0.2, -0.15) is 0 Å². The molecule has 2 amide bonds. The monoisotopic (exact) mass is 344 g/mol. The Hall–Kier alpha value is -2.57. The molecule has 122 valence electrons. The third-order valence-electron chi connectivity index (χ3n) is 4.47. The average Bonchev–Trinajstić information content (AvgIpc) is 3.28. The first kappa shape index (κ1) is 13.8. The van der Waals surface area contributed by atoms with Crippen LogP contribution in [0.15, 0.2) is 12.1 Å². The summed E-state index contributed by atoms with van der Waals surface area (Å²) in [5.41, 5.74) is 0.704. The zero-order valence-corrected chi connectivity index (χ0v) is 13.2. The van der Waals surface area contributed by atoms with Crippen LogP contribution >= 0.6 is 11.3 Å². The molecular weight excluding hydrogens is 332 g/mol. The molecule has 9 heteroatoms. The fourth-order valence-corrected chi connectivity index (χ4v) is 4.35. The second kappa shape index (κ2) is 4.96. The Morgan fingerprint density at radius 2 is 2.33 bits per heavy atom. The number of hydrogen-bond acceptors (Lipinski definition) is 6. The maximum absolute atomic E-state index is 12.4. The number of urea groups is 1. The van der Waals surface area contributed by atoms with Crippen molar-refractivity contribution >= 4 is 32.7 Å². The maximum Gasteiger partial charge on any atom is 0.329 e. The van der Waals surface area contributed by atoms with Gasteiger partial charge in [-0.3, -0.25) is 9.74 Å². The minimum Gasteiger partial charge on any atom is -0.454 e. The van der Waals surface area contributed by atoms with Crippen molar-refractivity contribution in [2.75, 3.05) is 18.3 Å². The number of nitrogens with one attached hydrogen (secondary N) is 1. The molecule has 2 fully saturated rings. The van der Waals surface area contributed by atoms with Gasteiger partial charge in [0.1, 0.15) is 5.52 Å². The van der Waals surface area contributed by atoms with E-state index in [-0.39, 0.29) is 24.9 Å². The lowest BCUT2D eigenvalue weighted by atomic mass is 10.0. The van der Waals surface area contributed by atoms with E-state index in [9.17, 15) is 4.79 Å². The highest BCUT2D eigenvalue weighted by Gasteiger charge is 2.47. The first-order valence-electron chi connectivity index (χ1n) is 7.51. The lowest BCUT2D eigenvalue weighted by Gasteiger charge is -2.28. The molecule has 1 N–H and O–H groups in total. The SMILES string of the molecule is [C-]#[N+][C@H]1C[C@@H]2[C@H](CO1)NC(=O)N2c1nc2c3c(ccc2s1)OCO3. The number of benzene rings is 1. The summed E-state index contributed by atoms with van der Waals surface area (Å²) in [6.45, 7) is 7.70. The van der Waals surface area contributed by atoms with Crippen LogP contribution in [-0.2, 0) is 4.74 Å². The van der Waals surface area contributed by atoms with E-state index in [1.54, 1.807) is 4.90 Å². The molecule has 1 aromatic carbocycles. The van der Waals surface area contributed by atoms with E-state index in [1.165, 1.54) is 11.3 Å². The summed E-state index contributed by atoms with van der Waals surface area (Å²) in [6, 6.07) is 3.32. The Balaban J connectivity index is 1.56. The van der Waals surface area contributed by atoms with Gasteiger partial charge in [-0.15, -0.1) is 0 Å².